The van der Waals surface area contributed by atoms with Crippen LogP contribution in [0.5, 0.6) is 5.75 Å². The van der Waals surface area contributed by atoms with Crippen molar-refractivity contribution in [2.24, 2.45) is 0 Å². The van der Waals surface area contributed by atoms with Crippen molar-refractivity contribution in [2.45, 2.75) is 19.9 Å². The van der Waals surface area contributed by atoms with Gasteiger partial charge in [-0.2, -0.15) is 0 Å². The number of phenolic OH excluding ortho intramolecular Hbond substituents is 1. The van der Waals surface area contributed by atoms with Crippen molar-refractivity contribution < 1.29 is 9.90 Å². The van der Waals surface area contributed by atoms with E-state index in [-0.39, 0.29) is 17.7 Å². The Morgan fingerprint density at radius 2 is 2.05 bits per heavy atom. The van der Waals surface area contributed by atoms with E-state index in [1.54, 1.807) is 12.1 Å². The van der Waals surface area contributed by atoms with Crippen molar-refractivity contribution in [1.29, 1.82) is 0 Å². The Balaban J connectivity index is 2.91. The van der Waals surface area contributed by atoms with E-state index in [0.29, 0.717) is 12.1 Å². The van der Waals surface area contributed by atoms with Gasteiger partial charge in [-0.25, -0.2) is 0 Å². The number of likely N-dealkylation sites (N-methyl/N-ethyl adjacent to an activating group) is 2. The zero-order valence-electron chi connectivity index (χ0n) is 11.9. The summed E-state index contributed by atoms with van der Waals surface area (Å²) >= 11 is 2.04. The average Bonchev–Trinajstić information content (AvgIpc) is 2.32. The van der Waals surface area contributed by atoms with Crippen LogP contribution in [-0.2, 0) is 0 Å². The first kappa shape index (κ1) is 16.2. The summed E-state index contributed by atoms with van der Waals surface area (Å²) in [4.78, 5) is 16.3. The van der Waals surface area contributed by atoms with E-state index in [9.17, 15) is 9.90 Å². The molecule has 0 saturated heterocycles. The molecule has 19 heavy (non-hydrogen) atoms. The summed E-state index contributed by atoms with van der Waals surface area (Å²) in [6.45, 7) is 5.47. The van der Waals surface area contributed by atoms with E-state index in [1.165, 1.54) is 6.07 Å². The molecule has 0 aromatic heterocycles. The van der Waals surface area contributed by atoms with Crippen LogP contribution >= 0.6 is 22.6 Å². The lowest BCUT2D eigenvalue weighted by Crippen LogP contribution is -2.43. The van der Waals surface area contributed by atoms with Gasteiger partial charge in [0.05, 0.1) is 3.57 Å². The maximum Gasteiger partial charge on any atom is 0.254 e. The fraction of sp³-hybridized carbons (Fsp3) is 0.500. The van der Waals surface area contributed by atoms with Crippen molar-refractivity contribution in [2.75, 3.05) is 27.2 Å². The number of phenols is 1. The average molecular weight is 376 g/mol. The molecule has 0 fully saturated rings. The number of hydrogen-bond acceptors (Lipinski definition) is 3. The van der Waals surface area contributed by atoms with Gasteiger partial charge in [0.15, 0.2) is 0 Å². The number of halogens is 1. The Bertz CT molecular complexity index is 449. The molecule has 0 bridgehead atoms. The third-order valence-corrected chi connectivity index (χ3v) is 3.87. The Labute approximate surface area is 128 Å². The van der Waals surface area contributed by atoms with Crippen LogP contribution in [0.1, 0.15) is 24.2 Å². The van der Waals surface area contributed by atoms with E-state index < -0.39 is 0 Å². The molecule has 0 aliphatic heterocycles. The molecular formula is C14H21IN2O2. The molecule has 5 heteroatoms. The molecule has 1 unspecified atom stereocenters. The largest absolute Gasteiger partial charge is 0.507 e. The first-order valence-corrected chi connectivity index (χ1v) is 7.38. The highest BCUT2D eigenvalue weighted by Gasteiger charge is 2.21. The molecule has 0 saturated carbocycles. The summed E-state index contributed by atoms with van der Waals surface area (Å²) in [5.41, 5.74) is 0.533. The van der Waals surface area contributed by atoms with Gasteiger partial charge in [-0.3, -0.25) is 4.79 Å². The second-order valence-corrected chi connectivity index (χ2v) is 6.03. The Morgan fingerprint density at radius 3 is 2.53 bits per heavy atom. The number of aromatic hydroxyl groups is 1. The fourth-order valence-electron chi connectivity index (χ4n) is 2.09. The van der Waals surface area contributed by atoms with Crippen LogP contribution in [0, 0.1) is 3.57 Å². The number of rotatable bonds is 5. The highest BCUT2D eigenvalue weighted by Crippen LogP contribution is 2.21. The van der Waals surface area contributed by atoms with Crippen LogP contribution in [0.3, 0.4) is 0 Å². The van der Waals surface area contributed by atoms with Gasteiger partial charge in [0.2, 0.25) is 0 Å². The van der Waals surface area contributed by atoms with Gasteiger partial charge in [0, 0.05) is 24.7 Å². The molecule has 1 aromatic rings. The van der Waals surface area contributed by atoms with E-state index in [2.05, 4.69) is 4.90 Å². The Morgan fingerprint density at radius 1 is 1.42 bits per heavy atom. The van der Waals surface area contributed by atoms with E-state index in [1.807, 2.05) is 55.4 Å². The molecule has 1 atom stereocenters. The van der Waals surface area contributed by atoms with Crippen molar-refractivity contribution in [3.8, 4) is 5.75 Å². The highest BCUT2D eigenvalue weighted by atomic mass is 127. The van der Waals surface area contributed by atoms with Crippen molar-refractivity contribution >= 4 is 28.5 Å². The molecule has 1 rings (SSSR count). The lowest BCUT2D eigenvalue weighted by molar-refractivity contribution is 0.0678. The van der Waals surface area contributed by atoms with Crippen LogP contribution in [0.4, 0.5) is 0 Å². The number of benzene rings is 1. The van der Waals surface area contributed by atoms with Gasteiger partial charge in [-0.15, -0.1) is 0 Å². The zero-order valence-corrected chi connectivity index (χ0v) is 14.0. The third kappa shape index (κ3) is 4.35. The molecule has 1 amide bonds. The summed E-state index contributed by atoms with van der Waals surface area (Å²) in [6.07, 6.45) is 0. The van der Waals surface area contributed by atoms with Crippen molar-refractivity contribution in [3.05, 3.63) is 27.3 Å². The Hall–Kier alpha value is -0.820. The van der Waals surface area contributed by atoms with E-state index in [0.717, 1.165) is 10.1 Å². The van der Waals surface area contributed by atoms with Gasteiger partial charge in [0.25, 0.3) is 5.91 Å². The Kier molecular flexibility index (Phi) is 6.06. The molecule has 1 N–H and O–H groups in total. The van der Waals surface area contributed by atoms with Gasteiger partial charge < -0.3 is 14.9 Å². The third-order valence-electron chi connectivity index (χ3n) is 2.96. The van der Waals surface area contributed by atoms with Gasteiger partial charge >= 0.3 is 0 Å². The SMILES string of the molecule is CCN(C(=O)c1ccc(I)c(O)c1)C(C)CN(C)C. The molecule has 0 spiro atoms. The minimum atomic E-state index is -0.0384. The molecular weight excluding hydrogens is 355 g/mol. The molecule has 0 aliphatic rings. The lowest BCUT2D eigenvalue weighted by atomic mass is 10.1. The first-order chi connectivity index (χ1) is 8.86. The van der Waals surface area contributed by atoms with Crippen molar-refractivity contribution in [1.82, 2.24) is 9.80 Å². The van der Waals surface area contributed by atoms with E-state index >= 15 is 0 Å². The smallest absolute Gasteiger partial charge is 0.254 e. The van der Waals surface area contributed by atoms with Gasteiger partial charge in [-0.1, -0.05) is 0 Å². The quantitative estimate of drug-likeness (QED) is 0.803. The van der Waals surface area contributed by atoms with E-state index in [4.69, 9.17) is 0 Å². The van der Waals surface area contributed by atoms with Crippen LogP contribution in [0.25, 0.3) is 0 Å². The second-order valence-electron chi connectivity index (χ2n) is 4.87. The molecule has 0 heterocycles. The number of hydrogen-bond donors (Lipinski definition) is 1. The summed E-state index contributed by atoms with van der Waals surface area (Å²) in [6, 6.07) is 5.19. The monoisotopic (exact) mass is 376 g/mol. The number of carbonyl (C=O) groups excluding carboxylic acids is 1. The molecule has 0 radical (unpaired) electrons. The molecule has 4 nitrogen and oxygen atoms in total. The second kappa shape index (κ2) is 7.09. The predicted octanol–water partition coefficient (Wildman–Crippen LogP) is 2.41. The summed E-state index contributed by atoms with van der Waals surface area (Å²) in [5, 5.41) is 9.70. The maximum atomic E-state index is 12.5. The molecule has 106 valence electrons. The van der Waals surface area contributed by atoms with Gasteiger partial charge in [-0.05, 0) is 68.7 Å². The first-order valence-electron chi connectivity index (χ1n) is 6.31. The minimum absolute atomic E-state index is 0.0384. The normalized spacial score (nSPS) is 12.5. The van der Waals surface area contributed by atoms with Crippen LogP contribution in [-0.4, -0.2) is 54.0 Å². The van der Waals surface area contributed by atoms with Crippen LogP contribution in [0.15, 0.2) is 18.2 Å². The maximum absolute atomic E-state index is 12.5. The summed E-state index contributed by atoms with van der Waals surface area (Å²) in [7, 11) is 3.98. The zero-order chi connectivity index (χ0) is 14.6. The topological polar surface area (TPSA) is 43.8 Å². The number of amides is 1. The lowest BCUT2D eigenvalue weighted by Gasteiger charge is -2.30. The number of nitrogens with zero attached hydrogens (tertiary/aromatic N) is 2. The van der Waals surface area contributed by atoms with Crippen LogP contribution in [0.2, 0.25) is 0 Å². The van der Waals surface area contributed by atoms with Crippen molar-refractivity contribution in [3.63, 3.8) is 0 Å². The minimum Gasteiger partial charge on any atom is -0.507 e. The predicted molar refractivity (Wildman–Crippen MR) is 85.6 cm³/mol. The van der Waals surface area contributed by atoms with Crippen LogP contribution < -0.4 is 0 Å². The number of carbonyl (C=O) groups is 1. The van der Waals surface area contributed by atoms with Gasteiger partial charge in [0.1, 0.15) is 5.75 Å². The highest BCUT2D eigenvalue weighted by molar-refractivity contribution is 14.1. The molecule has 1 aromatic carbocycles. The summed E-state index contributed by atoms with van der Waals surface area (Å²) < 4.78 is 0.749. The standard InChI is InChI=1S/C14H21IN2O2/c1-5-17(10(2)9-16(3)4)14(19)11-6-7-12(15)13(18)8-11/h6-8,10,18H,5,9H2,1-4H3. The summed E-state index contributed by atoms with van der Waals surface area (Å²) in [5.74, 6) is 0.117. The molecule has 0 aliphatic carbocycles. The fourth-order valence-corrected chi connectivity index (χ4v) is 2.43.